The number of fused-ring (bicyclic) bond motifs is 1. The molecule has 0 saturated carbocycles. The van der Waals surface area contributed by atoms with E-state index in [1.54, 1.807) is 0 Å². The Labute approximate surface area is 54.2 Å². The second-order valence-electron chi connectivity index (χ2n) is 2.04. The van der Waals surface area contributed by atoms with Gasteiger partial charge in [0.25, 0.3) is 0 Å². The van der Waals surface area contributed by atoms with Crippen LogP contribution in [0.1, 0.15) is 13.8 Å². The molecule has 0 N–H and O–H groups in total. The molecule has 3 aliphatic heterocycles. The van der Waals surface area contributed by atoms with Crippen LogP contribution in [0.3, 0.4) is 0 Å². The van der Waals surface area contributed by atoms with E-state index >= 15 is 0 Å². The van der Waals surface area contributed by atoms with Gasteiger partial charge in [-0.1, -0.05) is 0 Å². The van der Waals surface area contributed by atoms with E-state index in [0.717, 1.165) is 11.9 Å². The third kappa shape index (κ3) is 0.505. The Balaban J connectivity index is 2.20. The summed E-state index contributed by atoms with van der Waals surface area (Å²) in [5.41, 5.74) is 0. The highest BCUT2D eigenvalue weighted by atomic mass is 31.2. The van der Waals surface area contributed by atoms with Gasteiger partial charge < -0.3 is 0 Å². The third-order valence-electron chi connectivity index (χ3n) is 1.39. The van der Waals surface area contributed by atoms with Crippen molar-refractivity contribution in [3.05, 3.63) is 11.7 Å². The third-order valence-corrected chi connectivity index (χ3v) is 3.61. The lowest BCUT2D eigenvalue weighted by Crippen LogP contribution is -2.09. The summed E-state index contributed by atoms with van der Waals surface area (Å²) in [6, 6.07) is 0. The Morgan fingerprint density at radius 1 is 1.33 bits per heavy atom. The van der Waals surface area contributed by atoms with Crippen molar-refractivity contribution in [1.82, 2.24) is 0 Å². The van der Waals surface area contributed by atoms with Crippen molar-refractivity contribution in [2.45, 2.75) is 13.8 Å². The van der Waals surface area contributed by atoms with Crippen LogP contribution in [-0.4, -0.2) is 6.16 Å². The van der Waals surface area contributed by atoms with Gasteiger partial charge in [0.2, 0.25) is 5.76 Å². The van der Waals surface area contributed by atoms with E-state index in [2.05, 4.69) is 0 Å². The molecule has 0 radical (unpaired) electrons. The van der Waals surface area contributed by atoms with Crippen molar-refractivity contribution < 1.29 is 13.6 Å². The van der Waals surface area contributed by atoms with Gasteiger partial charge in [0.1, 0.15) is 0 Å². The lowest BCUT2D eigenvalue weighted by molar-refractivity contribution is 0.121. The predicted octanol–water partition coefficient (Wildman–Crippen LogP) is 2.03. The molecule has 0 atom stereocenters. The minimum absolute atomic E-state index is 0.602. The molecule has 0 aromatic rings. The minimum Gasteiger partial charge on any atom is -0.268 e. The van der Waals surface area contributed by atoms with Crippen LogP contribution in [0.15, 0.2) is 11.7 Å². The molecular formula is C5H8O3P+. The Hall–Kier alpha value is -0.430. The van der Waals surface area contributed by atoms with Crippen LogP contribution in [0.5, 0.6) is 0 Å². The second-order valence-corrected chi connectivity index (χ2v) is 4.45. The van der Waals surface area contributed by atoms with Crippen LogP contribution in [0.2, 0.25) is 0 Å². The maximum absolute atomic E-state index is 5.32. The fraction of sp³-hybridized carbons (Fsp3) is 0.600. The number of rotatable bonds is 1. The van der Waals surface area contributed by atoms with Crippen LogP contribution >= 0.6 is 7.94 Å². The largest absolute Gasteiger partial charge is 0.549 e. The van der Waals surface area contributed by atoms with Gasteiger partial charge in [-0.05, 0) is 6.92 Å². The van der Waals surface area contributed by atoms with E-state index in [9.17, 15) is 0 Å². The van der Waals surface area contributed by atoms with Crippen molar-refractivity contribution in [3.8, 4) is 0 Å². The lowest BCUT2D eigenvalue weighted by atomic mass is 10.6. The zero-order valence-corrected chi connectivity index (χ0v) is 6.27. The van der Waals surface area contributed by atoms with Gasteiger partial charge in [0, 0.05) is 6.92 Å². The Kier molecular flexibility index (Phi) is 0.803. The zero-order chi connectivity index (χ0) is 6.48. The molecule has 2 bridgehead atoms. The fourth-order valence-corrected chi connectivity index (χ4v) is 2.59. The number of hydrogen-bond acceptors (Lipinski definition) is 3. The molecule has 4 heteroatoms. The van der Waals surface area contributed by atoms with Crippen LogP contribution < -0.4 is 0 Å². The molecule has 0 amide bonds. The van der Waals surface area contributed by atoms with E-state index < -0.39 is 7.94 Å². The smallest absolute Gasteiger partial charge is 0.268 e. The normalized spacial score (nSPS) is 26.0. The highest BCUT2D eigenvalue weighted by molar-refractivity contribution is 7.63. The molecule has 9 heavy (non-hydrogen) atoms. The van der Waals surface area contributed by atoms with Crippen molar-refractivity contribution >= 4 is 7.94 Å². The van der Waals surface area contributed by atoms with Gasteiger partial charge in [-0.2, -0.15) is 0 Å². The maximum Gasteiger partial charge on any atom is 0.549 e. The van der Waals surface area contributed by atoms with Crippen molar-refractivity contribution in [1.29, 1.82) is 0 Å². The first kappa shape index (κ1) is 5.36. The van der Waals surface area contributed by atoms with Crippen molar-refractivity contribution in [2.24, 2.45) is 0 Å². The van der Waals surface area contributed by atoms with Crippen LogP contribution in [-0.2, 0) is 13.6 Å². The standard InChI is InChI=1S/C5H8O3P/c1-3-9-6-4(2)5(7-9)8-9/h3H2,1-2H3/q+1. The summed E-state index contributed by atoms with van der Waals surface area (Å²) >= 11 is 0. The Morgan fingerprint density at radius 2 is 2.00 bits per heavy atom. The van der Waals surface area contributed by atoms with Crippen LogP contribution in [0, 0.1) is 0 Å². The van der Waals surface area contributed by atoms with E-state index in [0.29, 0.717) is 5.95 Å². The van der Waals surface area contributed by atoms with Crippen molar-refractivity contribution in [3.63, 3.8) is 0 Å². The summed E-state index contributed by atoms with van der Waals surface area (Å²) in [5, 5.41) is 0. The monoisotopic (exact) mass is 147 g/mol. The molecular weight excluding hydrogens is 139 g/mol. The first-order valence-electron chi connectivity index (χ1n) is 2.93. The second kappa shape index (κ2) is 1.35. The fourth-order valence-electron chi connectivity index (χ4n) is 0.865. The van der Waals surface area contributed by atoms with E-state index in [1.807, 2.05) is 13.8 Å². The molecule has 0 unspecified atom stereocenters. The first-order valence-corrected chi connectivity index (χ1v) is 4.66. The quantitative estimate of drug-likeness (QED) is 0.531. The number of allylic oxidation sites excluding steroid dienone is 1. The lowest BCUT2D eigenvalue weighted by Gasteiger charge is -2.18. The van der Waals surface area contributed by atoms with Gasteiger partial charge in [-0.25, -0.2) is 9.05 Å². The molecule has 0 aliphatic carbocycles. The molecule has 50 valence electrons. The van der Waals surface area contributed by atoms with Crippen LogP contribution in [0.4, 0.5) is 0 Å². The summed E-state index contributed by atoms with van der Waals surface area (Å²) in [4.78, 5) is 0. The van der Waals surface area contributed by atoms with E-state index in [4.69, 9.17) is 13.6 Å². The van der Waals surface area contributed by atoms with Gasteiger partial charge in [-0.15, -0.1) is 0 Å². The summed E-state index contributed by atoms with van der Waals surface area (Å²) < 4.78 is 15.8. The summed E-state index contributed by atoms with van der Waals surface area (Å²) in [6.45, 7) is 3.86. The predicted molar refractivity (Wildman–Crippen MR) is 33.4 cm³/mol. The minimum atomic E-state index is -1.79. The van der Waals surface area contributed by atoms with Gasteiger partial charge in [0.15, 0.2) is 6.16 Å². The van der Waals surface area contributed by atoms with E-state index in [1.165, 1.54) is 0 Å². The first-order chi connectivity index (χ1) is 4.26. The average molecular weight is 147 g/mol. The SMILES string of the molecule is CC[P+]12OC(C)=C(O1)O2. The summed E-state index contributed by atoms with van der Waals surface area (Å²) in [5.74, 6) is 1.41. The molecule has 3 aliphatic rings. The number of hydrogen-bond donors (Lipinski definition) is 0. The molecule has 3 heterocycles. The van der Waals surface area contributed by atoms with Crippen molar-refractivity contribution in [2.75, 3.05) is 6.16 Å². The Bertz CT molecular complexity index is 179. The summed E-state index contributed by atoms with van der Waals surface area (Å²) in [7, 11) is -1.79. The van der Waals surface area contributed by atoms with Gasteiger partial charge >= 0.3 is 13.9 Å². The molecule has 3 rings (SSSR count). The molecule has 0 aromatic carbocycles. The molecule has 0 spiro atoms. The molecule has 1 saturated heterocycles. The Morgan fingerprint density at radius 3 is 2.22 bits per heavy atom. The average Bonchev–Trinajstić information content (AvgIpc) is 2.18. The zero-order valence-electron chi connectivity index (χ0n) is 5.38. The maximum atomic E-state index is 5.32. The highest BCUT2D eigenvalue weighted by Gasteiger charge is 2.67. The topological polar surface area (TPSA) is 27.7 Å². The van der Waals surface area contributed by atoms with E-state index in [-0.39, 0.29) is 0 Å². The van der Waals surface area contributed by atoms with Gasteiger partial charge in [0.05, 0.1) is 0 Å². The van der Waals surface area contributed by atoms with Gasteiger partial charge in [-0.3, -0.25) is 4.52 Å². The molecule has 3 nitrogen and oxygen atoms in total. The highest BCUT2D eigenvalue weighted by Crippen LogP contribution is 2.78. The molecule has 1 fully saturated rings. The molecule has 0 aromatic heterocycles. The van der Waals surface area contributed by atoms with Crippen LogP contribution in [0.25, 0.3) is 0 Å². The summed E-state index contributed by atoms with van der Waals surface area (Å²) in [6.07, 6.45) is 0.841.